The maximum Gasteiger partial charge on any atom is 0.266 e. The minimum Gasteiger partial charge on any atom is -0.317 e. The highest BCUT2D eigenvalue weighted by atomic mass is 79.9. The topological polar surface area (TPSA) is 71.7 Å². The summed E-state index contributed by atoms with van der Waals surface area (Å²) >= 11 is 11.8. The van der Waals surface area contributed by atoms with Gasteiger partial charge < -0.3 is 4.57 Å². The van der Waals surface area contributed by atoms with Crippen molar-refractivity contribution in [2.24, 2.45) is 4.99 Å². The lowest BCUT2D eigenvalue weighted by Crippen LogP contribution is -2.40. The summed E-state index contributed by atoms with van der Waals surface area (Å²) in [6, 6.07) is 8.16. The molecule has 1 saturated heterocycles. The summed E-state index contributed by atoms with van der Waals surface area (Å²) in [5, 5.41) is 0. The summed E-state index contributed by atoms with van der Waals surface area (Å²) in [4.78, 5) is 17.9. The first-order chi connectivity index (χ1) is 13.8. The lowest BCUT2D eigenvalue weighted by atomic mass is 10.2. The van der Waals surface area contributed by atoms with E-state index in [-0.39, 0.29) is 4.21 Å². The molecule has 1 fully saturated rings. The minimum atomic E-state index is -3.77. The predicted molar refractivity (Wildman–Crippen MR) is 120 cm³/mol. The summed E-state index contributed by atoms with van der Waals surface area (Å²) in [7, 11) is -3.77. The Labute approximate surface area is 189 Å². The number of amides is 1. The minimum absolute atomic E-state index is 0.150. The van der Waals surface area contributed by atoms with E-state index in [1.54, 1.807) is 6.07 Å². The second-order valence-electron chi connectivity index (χ2n) is 6.52. The van der Waals surface area contributed by atoms with Gasteiger partial charge in [0, 0.05) is 17.6 Å². The number of carbonyl (C=O) groups is 1. The van der Waals surface area contributed by atoms with Gasteiger partial charge in [-0.3, -0.25) is 4.79 Å². The third-order valence-corrected chi connectivity index (χ3v) is 9.91. The van der Waals surface area contributed by atoms with Crippen LogP contribution >= 0.6 is 50.2 Å². The molecule has 154 valence electrons. The van der Waals surface area contributed by atoms with Gasteiger partial charge >= 0.3 is 0 Å². The number of aromatic nitrogens is 1. The molecule has 0 N–H and O–H groups in total. The van der Waals surface area contributed by atoms with Crippen LogP contribution in [0.2, 0.25) is 4.34 Å². The molecule has 1 atom stereocenters. The average Bonchev–Trinajstić information content (AvgIpc) is 3.39. The normalized spacial score (nSPS) is 18.7. The zero-order valence-electron chi connectivity index (χ0n) is 15.3. The highest BCUT2D eigenvalue weighted by Crippen LogP contribution is 2.32. The first-order valence-electron chi connectivity index (χ1n) is 8.96. The molecule has 2 aromatic heterocycles. The van der Waals surface area contributed by atoms with E-state index in [1.165, 1.54) is 21.7 Å². The molecule has 29 heavy (non-hydrogen) atoms. The standard InChI is InChI=1S/C18H17BrClN3O3S3/c1-2-22-12-6-5-11(19)10-14(12)27-18(22)21-17(24)13-4-3-9-23(13)29(25,26)16-8-7-15(20)28-16/h5-8,10,13H,2-4,9H2,1H3. The number of thiophene rings is 1. The van der Waals surface area contributed by atoms with Gasteiger partial charge in [-0.2, -0.15) is 9.30 Å². The van der Waals surface area contributed by atoms with E-state index >= 15 is 0 Å². The van der Waals surface area contributed by atoms with Crippen molar-refractivity contribution in [2.75, 3.05) is 6.54 Å². The second kappa shape index (κ2) is 8.24. The maximum absolute atomic E-state index is 13.0. The van der Waals surface area contributed by atoms with Gasteiger partial charge in [0.05, 0.1) is 14.6 Å². The molecule has 6 nitrogen and oxygen atoms in total. The molecule has 4 rings (SSSR count). The van der Waals surface area contributed by atoms with E-state index in [0.717, 1.165) is 26.0 Å². The molecule has 3 heterocycles. The maximum atomic E-state index is 13.0. The Bertz CT molecular complexity index is 1260. The number of fused-ring (bicyclic) bond motifs is 1. The quantitative estimate of drug-likeness (QED) is 0.495. The van der Waals surface area contributed by atoms with Crippen LogP contribution in [0, 0.1) is 0 Å². The van der Waals surface area contributed by atoms with Gasteiger partial charge in [0.1, 0.15) is 10.3 Å². The fraction of sp³-hybridized carbons (Fsp3) is 0.333. The molecule has 3 aromatic rings. The van der Waals surface area contributed by atoms with Gasteiger partial charge in [0.25, 0.3) is 15.9 Å². The molecule has 0 bridgehead atoms. The molecule has 1 unspecified atom stereocenters. The van der Waals surface area contributed by atoms with Crippen LogP contribution in [-0.2, 0) is 21.4 Å². The van der Waals surface area contributed by atoms with Crippen molar-refractivity contribution in [2.45, 2.75) is 36.6 Å². The van der Waals surface area contributed by atoms with Crippen LogP contribution in [0.3, 0.4) is 0 Å². The Kier molecular flexibility index (Phi) is 6.02. The number of carbonyl (C=O) groups excluding carboxylic acids is 1. The average molecular weight is 535 g/mol. The molecular weight excluding hydrogens is 518 g/mol. The van der Waals surface area contributed by atoms with Crippen molar-refractivity contribution in [3.05, 3.63) is 43.9 Å². The van der Waals surface area contributed by atoms with E-state index in [1.807, 2.05) is 29.7 Å². The number of hydrogen-bond acceptors (Lipinski definition) is 5. The van der Waals surface area contributed by atoms with Crippen molar-refractivity contribution >= 4 is 76.4 Å². The number of rotatable bonds is 4. The molecule has 1 aromatic carbocycles. The number of nitrogens with zero attached hydrogens (tertiary/aromatic N) is 3. The van der Waals surface area contributed by atoms with E-state index < -0.39 is 22.0 Å². The van der Waals surface area contributed by atoms with Gasteiger partial charge in [-0.05, 0) is 50.1 Å². The zero-order chi connectivity index (χ0) is 20.8. The molecule has 1 aliphatic rings. The summed E-state index contributed by atoms with van der Waals surface area (Å²) in [6.07, 6.45) is 1.08. The summed E-state index contributed by atoms with van der Waals surface area (Å²) < 4.78 is 31.7. The van der Waals surface area contributed by atoms with Crippen LogP contribution in [0.5, 0.6) is 0 Å². The zero-order valence-corrected chi connectivity index (χ0v) is 20.1. The van der Waals surface area contributed by atoms with Gasteiger partial charge in [-0.15, -0.1) is 11.3 Å². The number of hydrogen-bond donors (Lipinski definition) is 0. The highest BCUT2D eigenvalue weighted by Gasteiger charge is 2.40. The number of benzene rings is 1. The molecule has 11 heteroatoms. The Hall–Kier alpha value is -1.04. The van der Waals surface area contributed by atoms with Crippen LogP contribution in [0.4, 0.5) is 0 Å². The summed E-state index contributed by atoms with van der Waals surface area (Å²) in [5.74, 6) is -0.429. The highest BCUT2D eigenvalue weighted by molar-refractivity contribution is 9.10. The summed E-state index contributed by atoms with van der Waals surface area (Å²) in [6.45, 7) is 2.95. The Morgan fingerprint density at radius 1 is 1.31 bits per heavy atom. The van der Waals surface area contributed by atoms with Crippen molar-refractivity contribution in [3.63, 3.8) is 0 Å². The number of aryl methyl sites for hydroxylation is 1. The van der Waals surface area contributed by atoms with E-state index in [9.17, 15) is 13.2 Å². The lowest BCUT2D eigenvalue weighted by Gasteiger charge is -2.20. The second-order valence-corrected chi connectivity index (χ2v) is 12.3. The Morgan fingerprint density at radius 3 is 2.79 bits per heavy atom. The van der Waals surface area contributed by atoms with E-state index in [0.29, 0.717) is 35.1 Å². The van der Waals surface area contributed by atoms with Crippen LogP contribution in [0.1, 0.15) is 19.8 Å². The Morgan fingerprint density at radius 2 is 2.10 bits per heavy atom. The number of thiazole rings is 1. The number of sulfonamides is 1. The third kappa shape index (κ3) is 3.98. The molecule has 1 aliphatic heterocycles. The molecule has 0 aliphatic carbocycles. The van der Waals surface area contributed by atoms with Crippen molar-refractivity contribution in [3.8, 4) is 0 Å². The van der Waals surface area contributed by atoms with Crippen molar-refractivity contribution in [1.29, 1.82) is 0 Å². The van der Waals surface area contributed by atoms with Crippen molar-refractivity contribution < 1.29 is 13.2 Å². The predicted octanol–water partition coefficient (Wildman–Crippen LogP) is 4.48. The largest absolute Gasteiger partial charge is 0.317 e. The first-order valence-corrected chi connectivity index (χ1v) is 13.2. The third-order valence-electron chi connectivity index (χ3n) is 4.77. The lowest BCUT2D eigenvalue weighted by molar-refractivity contribution is -0.121. The fourth-order valence-corrected chi connectivity index (χ4v) is 8.35. The van der Waals surface area contributed by atoms with Crippen LogP contribution in [0.25, 0.3) is 10.2 Å². The van der Waals surface area contributed by atoms with E-state index in [4.69, 9.17) is 11.6 Å². The van der Waals surface area contributed by atoms with Crippen LogP contribution in [0.15, 0.2) is 44.0 Å². The summed E-state index contributed by atoms with van der Waals surface area (Å²) in [5.41, 5.74) is 0.997. The first kappa shape index (κ1) is 21.2. The van der Waals surface area contributed by atoms with E-state index in [2.05, 4.69) is 20.9 Å². The van der Waals surface area contributed by atoms with Gasteiger partial charge in [0.15, 0.2) is 4.80 Å². The fourth-order valence-electron chi connectivity index (χ4n) is 3.43. The van der Waals surface area contributed by atoms with Crippen molar-refractivity contribution in [1.82, 2.24) is 8.87 Å². The molecular formula is C18H17BrClN3O3S3. The Balaban J connectivity index is 1.72. The molecule has 0 spiro atoms. The molecule has 1 amide bonds. The molecule has 0 radical (unpaired) electrons. The molecule has 0 saturated carbocycles. The van der Waals surface area contributed by atoms with Gasteiger partial charge in [-0.1, -0.05) is 38.9 Å². The van der Waals surface area contributed by atoms with Gasteiger partial charge in [0.2, 0.25) is 0 Å². The van der Waals surface area contributed by atoms with Gasteiger partial charge in [-0.25, -0.2) is 8.42 Å². The van der Waals surface area contributed by atoms with Crippen LogP contribution < -0.4 is 4.80 Å². The number of halogens is 2. The monoisotopic (exact) mass is 533 g/mol. The smallest absolute Gasteiger partial charge is 0.266 e. The SMILES string of the molecule is CCn1c(=NC(=O)C2CCCN2S(=O)(=O)c2ccc(Cl)s2)sc2cc(Br)ccc21. The van der Waals surface area contributed by atoms with Crippen LogP contribution in [-0.4, -0.2) is 35.8 Å².